The van der Waals surface area contributed by atoms with Crippen molar-refractivity contribution in [2.75, 3.05) is 24.6 Å². The number of anilines is 1. The standard InChI is InChI=1S/C17H28N2O/c1-3-15(18)6-5-14-11-12-19(13-14)16-7-9-17(10-8-16)20-4-2/h7-10,14-15H,3-6,11-13,18H2,1-2H3. The van der Waals surface area contributed by atoms with Crippen molar-refractivity contribution >= 4 is 5.69 Å². The summed E-state index contributed by atoms with van der Waals surface area (Å²) in [5, 5.41) is 0. The van der Waals surface area contributed by atoms with Crippen molar-refractivity contribution in [2.24, 2.45) is 11.7 Å². The Morgan fingerprint density at radius 3 is 2.70 bits per heavy atom. The number of ether oxygens (including phenoxy) is 1. The lowest BCUT2D eigenvalue weighted by atomic mass is 9.98. The zero-order chi connectivity index (χ0) is 14.4. The van der Waals surface area contributed by atoms with Gasteiger partial charge in [0.15, 0.2) is 0 Å². The van der Waals surface area contributed by atoms with E-state index in [2.05, 4.69) is 36.1 Å². The Morgan fingerprint density at radius 2 is 2.05 bits per heavy atom. The van der Waals surface area contributed by atoms with E-state index in [9.17, 15) is 0 Å². The normalized spacial score (nSPS) is 20.1. The topological polar surface area (TPSA) is 38.5 Å². The van der Waals surface area contributed by atoms with Gasteiger partial charge in [-0.15, -0.1) is 0 Å². The Bertz CT molecular complexity index is 390. The van der Waals surface area contributed by atoms with Gasteiger partial charge in [-0.25, -0.2) is 0 Å². The van der Waals surface area contributed by atoms with Crippen LogP contribution in [0.1, 0.15) is 39.5 Å². The first kappa shape index (κ1) is 15.2. The van der Waals surface area contributed by atoms with E-state index >= 15 is 0 Å². The van der Waals surface area contributed by atoms with Crippen LogP contribution >= 0.6 is 0 Å². The Balaban J connectivity index is 1.82. The molecule has 2 unspecified atom stereocenters. The van der Waals surface area contributed by atoms with E-state index in [0.29, 0.717) is 6.04 Å². The molecular weight excluding hydrogens is 248 g/mol. The predicted molar refractivity (Wildman–Crippen MR) is 85.4 cm³/mol. The van der Waals surface area contributed by atoms with Crippen molar-refractivity contribution < 1.29 is 4.74 Å². The van der Waals surface area contributed by atoms with Crippen LogP contribution in [-0.4, -0.2) is 25.7 Å². The van der Waals surface area contributed by atoms with E-state index < -0.39 is 0 Å². The van der Waals surface area contributed by atoms with Gasteiger partial charge in [-0.1, -0.05) is 6.92 Å². The Labute approximate surface area is 123 Å². The largest absolute Gasteiger partial charge is 0.494 e. The predicted octanol–water partition coefficient (Wildman–Crippen LogP) is 3.43. The van der Waals surface area contributed by atoms with Gasteiger partial charge in [-0.05, 0) is 62.8 Å². The molecule has 0 spiro atoms. The second-order valence-electron chi connectivity index (χ2n) is 5.77. The average molecular weight is 276 g/mol. The van der Waals surface area contributed by atoms with Gasteiger partial charge in [0.1, 0.15) is 5.75 Å². The van der Waals surface area contributed by atoms with E-state index in [-0.39, 0.29) is 0 Å². The molecule has 2 N–H and O–H groups in total. The number of rotatable bonds is 7. The highest BCUT2D eigenvalue weighted by molar-refractivity contribution is 5.49. The summed E-state index contributed by atoms with van der Waals surface area (Å²) in [5.41, 5.74) is 7.33. The second-order valence-corrected chi connectivity index (χ2v) is 5.77. The molecule has 1 aromatic rings. The molecule has 0 aliphatic carbocycles. The third-order valence-corrected chi connectivity index (χ3v) is 4.27. The van der Waals surface area contributed by atoms with Gasteiger partial charge in [-0.3, -0.25) is 0 Å². The summed E-state index contributed by atoms with van der Waals surface area (Å²) >= 11 is 0. The van der Waals surface area contributed by atoms with E-state index in [4.69, 9.17) is 10.5 Å². The van der Waals surface area contributed by atoms with Gasteiger partial charge in [0.2, 0.25) is 0 Å². The zero-order valence-corrected chi connectivity index (χ0v) is 12.8. The number of benzene rings is 1. The third kappa shape index (κ3) is 4.14. The lowest BCUT2D eigenvalue weighted by Crippen LogP contribution is -2.22. The quantitative estimate of drug-likeness (QED) is 0.829. The van der Waals surface area contributed by atoms with Crippen LogP contribution in [0.3, 0.4) is 0 Å². The molecule has 1 aliphatic rings. The molecule has 0 radical (unpaired) electrons. The summed E-state index contributed by atoms with van der Waals surface area (Å²) in [6.45, 7) is 7.25. The van der Waals surface area contributed by atoms with E-state index in [0.717, 1.165) is 31.1 Å². The molecule has 3 heteroatoms. The molecule has 2 atom stereocenters. The van der Waals surface area contributed by atoms with Crippen molar-refractivity contribution in [1.29, 1.82) is 0 Å². The summed E-state index contributed by atoms with van der Waals surface area (Å²) in [6, 6.07) is 8.86. The molecule has 1 heterocycles. The molecule has 0 bridgehead atoms. The summed E-state index contributed by atoms with van der Waals surface area (Å²) < 4.78 is 5.49. The highest BCUT2D eigenvalue weighted by atomic mass is 16.5. The zero-order valence-electron chi connectivity index (χ0n) is 12.8. The van der Waals surface area contributed by atoms with Crippen LogP contribution in [0.4, 0.5) is 5.69 Å². The fourth-order valence-corrected chi connectivity index (χ4v) is 2.88. The van der Waals surface area contributed by atoms with Crippen LogP contribution in [0.25, 0.3) is 0 Å². The number of hydrogen-bond donors (Lipinski definition) is 1. The van der Waals surface area contributed by atoms with Gasteiger partial charge in [0.25, 0.3) is 0 Å². The molecule has 1 aromatic carbocycles. The van der Waals surface area contributed by atoms with Crippen molar-refractivity contribution in [3.8, 4) is 5.75 Å². The maximum atomic E-state index is 6.01. The second kappa shape index (κ2) is 7.53. The molecule has 3 nitrogen and oxygen atoms in total. The van der Waals surface area contributed by atoms with Gasteiger partial charge >= 0.3 is 0 Å². The minimum Gasteiger partial charge on any atom is -0.494 e. The Kier molecular flexibility index (Phi) is 5.72. The third-order valence-electron chi connectivity index (χ3n) is 4.27. The van der Waals surface area contributed by atoms with Crippen molar-refractivity contribution in [3.05, 3.63) is 24.3 Å². The Hall–Kier alpha value is -1.22. The van der Waals surface area contributed by atoms with Crippen molar-refractivity contribution in [1.82, 2.24) is 0 Å². The first-order valence-corrected chi connectivity index (χ1v) is 7.96. The number of nitrogens with two attached hydrogens (primary N) is 1. The molecular formula is C17H28N2O. The molecule has 0 saturated carbocycles. The fourth-order valence-electron chi connectivity index (χ4n) is 2.88. The Morgan fingerprint density at radius 1 is 1.30 bits per heavy atom. The number of nitrogens with zero attached hydrogens (tertiary/aromatic N) is 1. The molecule has 2 rings (SSSR count). The lowest BCUT2D eigenvalue weighted by molar-refractivity contribution is 0.340. The maximum absolute atomic E-state index is 6.01. The van der Waals surface area contributed by atoms with Crippen LogP contribution in [-0.2, 0) is 0 Å². The van der Waals surface area contributed by atoms with Crippen LogP contribution in [0.15, 0.2) is 24.3 Å². The maximum Gasteiger partial charge on any atom is 0.119 e. The molecule has 1 fully saturated rings. The monoisotopic (exact) mass is 276 g/mol. The SMILES string of the molecule is CCOc1ccc(N2CCC(CCC(N)CC)C2)cc1. The van der Waals surface area contributed by atoms with Crippen LogP contribution in [0, 0.1) is 5.92 Å². The van der Waals surface area contributed by atoms with Gasteiger partial charge in [0.05, 0.1) is 6.61 Å². The summed E-state index contributed by atoms with van der Waals surface area (Å²) in [7, 11) is 0. The highest BCUT2D eigenvalue weighted by Crippen LogP contribution is 2.28. The van der Waals surface area contributed by atoms with Crippen LogP contribution in [0.2, 0.25) is 0 Å². The van der Waals surface area contributed by atoms with Crippen LogP contribution < -0.4 is 15.4 Å². The molecule has 112 valence electrons. The van der Waals surface area contributed by atoms with Crippen LogP contribution in [0.5, 0.6) is 5.75 Å². The van der Waals surface area contributed by atoms with E-state index in [1.54, 1.807) is 0 Å². The summed E-state index contributed by atoms with van der Waals surface area (Å²) in [6.07, 6.45) is 4.82. The summed E-state index contributed by atoms with van der Waals surface area (Å²) in [4.78, 5) is 2.48. The van der Waals surface area contributed by atoms with Gasteiger partial charge < -0.3 is 15.4 Å². The van der Waals surface area contributed by atoms with Crippen molar-refractivity contribution in [3.63, 3.8) is 0 Å². The number of hydrogen-bond acceptors (Lipinski definition) is 3. The fraction of sp³-hybridized carbons (Fsp3) is 0.647. The molecule has 0 amide bonds. The molecule has 1 aliphatic heterocycles. The first-order valence-electron chi connectivity index (χ1n) is 7.96. The lowest BCUT2D eigenvalue weighted by Gasteiger charge is -2.19. The molecule has 1 saturated heterocycles. The molecule has 20 heavy (non-hydrogen) atoms. The smallest absolute Gasteiger partial charge is 0.119 e. The van der Waals surface area contributed by atoms with E-state index in [1.807, 2.05) is 6.92 Å². The first-order chi connectivity index (χ1) is 9.72. The van der Waals surface area contributed by atoms with Gasteiger partial charge in [0, 0.05) is 24.8 Å². The summed E-state index contributed by atoms with van der Waals surface area (Å²) in [5.74, 6) is 1.76. The van der Waals surface area contributed by atoms with Crippen molar-refractivity contribution in [2.45, 2.75) is 45.6 Å². The average Bonchev–Trinajstić information content (AvgIpc) is 2.95. The van der Waals surface area contributed by atoms with Gasteiger partial charge in [-0.2, -0.15) is 0 Å². The van der Waals surface area contributed by atoms with E-state index in [1.165, 1.54) is 31.6 Å². The molecule has 0 aromatic heterocycles. The minimum atomic E-state index is 0.384. The minimum absolute atomic E-state index is 0.384. The highest BCUT2D eigenvalue weighted by Gasteiger charge is 2.22.